The number of aryl methyl sites for hydroxylation is 1. The molecule has 4 N–H and O–H groups in total. The van der Waals surface area contributed by atoms with Crippen LogP contribution < -0.4 is 11.5 Å². The second-order valence-corrected chi connectivity index (χ2v) is 4.13. The molecule has 5 heteroatoms. The highest BCUT2D eigenvalue weighted by Gasteiger charge is 2.15. The molecule has 1 atom stereocenters. The van der Waals surface area contributed by atoms with Crippen LogP contribution in [0.25, 0.3) is 11.0 Å². The van der Waals surface area contributed by atoms with Crippen LogP contribution in [0.15, 0.2) is 24.3 Å². The summed E-state index contributed by atoms with van der Waals surface area (Å²) < 4.78 is 1.96. The van der Waals surface area contributed by atoms with Gasteiger partial charge in [0.05, 0.1) is 17.1 Å². The summed E-state index contributed by atoms with van der Waals surface area (Å²) in [6.45, 7) is 0. The number of nitrogens with zero attached hydrogens (tertiary/aromatic N) is 2. The van der Waals surface area contributed by atoms with Crippen LogP contribution in [-0.2, 0) is 11.8 Å². The maximum absolute atomic E-state index is 10.7. The van der Waals surface area contributed by atoms with Gasteiger partial charge in [-0.3, -0.25) is 4.79 Å². The Hall–Kier alpha value is -1.88. The standard InChI is InChI=1S/C12H16N4O/c1-16-10-5-3-2-4-9(10)15-12(16)8(13)6-7-11(14)17/h2-5,8H,6-7,13H2,1H3,(H2,14,17)/t8-/m0/s1. The number of primary amides is 1. The van der Waals surface area contributed by atoms with Gasteiger partial charge in [-0.15, -0.1) is 0 Å². The van der Waals surface area contributed by atoms with Crippen molar-refractivity contribution in [2.75, 3.05) is 0 Å². The van der Waals surface area contributed by atoms with Gasteiger partial charge in [0.25, 0.3) is 0 Å². The van der Waals surface area contributed by atoms with Crippen molar-refractivity contribution in [1.29, 1.82) is 0 Å². The molecule has 1 heterocycles. The van der Waals surface area contributed by atoms with Gasteiger partial charge in [-0.1, -0.05) is 12.1 Å². The second-order valence-electron chi connectivity index (χ2n) is 4.13. The Balaban J connectivity index is 2.29. The van der Waals surface area contributed by atoms with Gasteiger partial charge < -0.3 is 16.0 Å². The molecule has 0 unspecified atom stereocenters. The van der Waals surface area contributed by atoms with E-state index in [2.05, 4.69) is 4.98 Å². The van der Waals surface area contributed by atoms with E-state index in [-0.39, 0.29) is 18.4 Å². The fraction of sp³-hybridized carbons (Fsp3) is 0.333. The SMILES string of the molecule is Cn1c([C@@H](N)CCC(N)=O)nc2ccccc21. The highest BCUT2D eigenvalue weighted by molar-refractivity contribution is 5.76. The molecule has 2 aromatic rings. The molecule has 0 fully saturated rings. The van der Waals surface area contributed by atoms with Crippen molar-refractivity contribution in [3.63, 3.8) is 0 Å². The Morgan fingerprint density at radius 3 is 2.82 bits per heavy atom. The lowest BCUT2D eigenvalue weighted by atomic mass is 10.1. The number of benzene rings is 1. The van der Waals surface area contributed by atoms with Gasteiger partial charge in [0.2, 0.25) is 5.91 Å². The zero-order chi connectivity index (χ0) is 12.4. The van der Waals surface area contributed by atoms with Crippen LogP contribution in [0.1, 0.15) is 24.7 Å². The number of imidazole rings is 1. The predicted octanol–water partition coefficient (Wildman–Crippen LogP) is 0.839. The van der Waals surface area contributed by atoms with E-state index in [1.54, 1.807) is 0 Å². The van der Waals surface area contributed by atoms with E-state index in [1.807, 2.05) is 35.9 Å². The molecule has 1 aromatic carbocycles. The van der Waals surface area contributed by atoms with E-state index in [0.29, 0.717) is 6.42 Å². The number of carbonyl (C=O) groups excluding carboxylic acids is 1. The number of para-hydroxylation sites is 2. The van der Waals surface area contributed by atoms with Crippen molar-refractivity contribution in [3.8, 4) is 0 Å². The fourth-order valence-corrected chi connectivity index (χ4v) is 1.92. The highest BCUT2D eigenvalue weighted by Crippen LogP contribution is 2.20. The third-order valence-electron chi connectivity index (χ3n) is 2.86. The van der Waals surface area contributed by atoms with E-state index in [0.717, 1.165) is 16.9 Å². The highest BCUT2D eigenvalue weighted by atomic mass is 16.1. The normalized spacial score (nSPS) is 12.8. The lowest BCUT2D eigenvalue weighted by Gasteiger charge is -2.10. The summed E-state index contributed by atoms with van der Waals surface area (Å²) >= 11 is 0. The Morgan fingerprint density at radius 2 is 2.18 bits per heavy atom. The number of fused-ring (bicyclic) bond motifs is 1. The molecule has 0 spiro atoms. The first-order valence-electron chi connectivity index (χ1n) is 5.55. The van der Waals surface area contributed by atoms with Crippen LogP contribution in [0.3, 0.4) is 0 Å². The zero-order valence-corrected chi connectivity index (χ0v) is 9.76. The molecule has 17 heavy (non-hydrogen) atoms. The maximum Gasteiger partial charge on any atom is 0.217 e. The molecule has 0 radical (unpaired) electrons. The molecule has 0 saturated heterocycles. The van der Waals surface area contributed by atoms with Gasteiger partial charge in [-0.05, 0) is 18.6 Å². The van der Waals surface area contributed by atoms with Gasteiger partial charge in [0, 0.05) is 13.5 Å². The minimum absolute atomic E-state index is 0.264. The Labute approximate surface area is 99.4 Å². The molecule has 1 aromatic heterocycles. The minimum atomic E-state index is -0.334. The van der Waals surface area contributed by atoms with Crippen molar-refractivity contribution < 1.29 is 4.79 Å². The molecule has 5 nitrogen and oxygen atoms in total. The first-order chi connectivity index (χ1) is 8.09. The summed E-state index contributed by atoms with van der Waals surface area (Å²) in [5, 5.41) is 0. The molecule has 0 aliphatic carbocycles. The minimum Gasteiger partial charge on any atom is -0.370 e. The first kappa shape index (κ1) is 11.6. The topological polar surface area (TPSA) is 86.9 Å². The van der Waals surface area contributed by atoms with E-state index in [1.165, 1.54) is 0 Å². The summed E-state index contributed by atoms with van der Waals surface area (Å²) in [6, 6.07) is 7.57. The Bertz CT molecular complexity index is 546. The third-order valence-corrected chi connectivity index (χ3v) is 2.86. The van der Waals surface area contributed by atoms with Crippen molar-refractivity contribution >= 4 is 16.9 Å². The van der Waals surface area contributed by atoms with E-state index >= 15 is 0 Å². The molecule has 2 rings (SSSR count). The lowest BCUT2D eigenvalue weighted by Crippen LogP contribution is -2.19. The number of nitrogens with two attached hydrogens (primary N) is 2. The molecule has 1 amide bonds. The van der Waals surface area contributed by atoms with Gasteiger partial charge in [0.1, 0.15) is 5.82 Å². The number of aromatic nitrogens is 2. The molecule has 0 bridgehead atoms. The molecule has 0 aliphatic rings. The van der Waals surface area contributed by atoms with Crippen molar-refractivity contribution in [3.05, 3.63) is 30.1 Å². The van der Waals surface area contributed by atoms with Gasteiger partial charge in [-0.25, -0.2) is 4.98 Å². The second kappa shape index (κ2) is 4.55. The van der Waals surface area contributed by atoms with Crippen molar-refractivity contribution in [2.24, 2.45) is 18.5 Å². The van der Waals surface area contributed by atoms with Crippen LogP contribution >= 0.6 is 0 Å². The van der Waals surface area contributed by atoms with Crippen LogP contribution in [0, 0.1) is 0 Å². The first-order valence-corrected chi connectivity index (χ1v) is 5.55. The number of hydrogen-bond donors (Lipinski definition) is 2. The quantitative estimate of drug-likeness (QED) is 0.818. The summed E-state index contributed by atoms with van der Waals surface area (Å²) in [5.41, 5.74) is 13.1. The van der Waals surface area contributed by atoms with Gasteiger partial charge >= 0.3 is 0 Å². The molecule has 90 valence electrons. The molecule has 0 saturated carbocycles. The van der Waals surface area contributed by atoms with Crippen LogP contribution in [-0.4, -0.2) is 15.5 Å². The fourth-order valence-electron chi connectivity index (χ4n) is 1.92. The van der Waals surface area contributed by atoms with E-state index < -0.39 is 0 Å². The molecular formula is C12H16N4O. The molecular weight excluding hydrogens is 216 g/mol. The average Bonchev–Trinajstić information content (AvgIpc) is 2.64. The predicted molar refractivity (Wildman–Crippen MR) is 66.1 cm³/mol. The number of hydrogen-bond acceptors (Lipinski definition) is 3. The van der Waals surface area contributed by atoms with Crippen LogP contribution in [0.4, 0.5) is 0 Å². The van der Waals surface area contributed by atoms with E-state index in [9.17, 15) is 4.79 Å². The van der Waals surface area contributed by atoms with E-state index in [4.69, 9.17) is 11.5 Å². The number of rotatable bonds is 4. The maximum atomic E-state index is 10.7. The summed E-state index contributed by atoms with van der Waals surface area (Å²) in [4.78, 5) is 15.2. The monoisotopic (exact) mass is 232 g/mol. The summed E-state index contributed by atoms with van der Waals surface area (Å²) in [7, 11) is 1.93. The zero-order valence-electron chi connectivity index (χ0n) is 9.76. The number of carbonyl (C=O) groups is 1. The molecule has 0 aliphatic heterocycles. The summed E-state index contributed by atoms with van der Waals surface area (Å²) in [6.07, 6.45) is 0.802. The average molecular weight is 232 g/mol. The van der Waals surface area contributed by atoms with Crippen LogP contribution in [0.2, 0.25) is 0 Å². The third kappa shape index (κ3) is 2.29. The Morgan fingerprint density at radius 1 is 1.47 bits per heavy atom. The Kier molecular flexibility index (Phi) is 3.10. The van der Waals surface area contributed by atoms with Crippen LogP contribution in [0.5, 0.6) is 0 Å². The van der Waals surface area contributed by atoms with Gasteiger partial charge in [-0.2, -0.15) is 0 Å². The van der Waals surface area contributed by atoms with Gasteiger partial charge in [0.15, 0.2) is 0 Å². The smallest absolute Gasteiger partial charge is 0.217 e. The summed E-state index contributed by atoms with van der Waals surface area (Å²) in [5.74, 6) is 0.451. The van der Waals surface area contributed by atoms with Crippen molar-refractivity contribution in [2.45, 2.75) is 18.9 Å². The van der Waals surface area contributed by atoms with Crippen molar-refractivity contribution in [1.82, 2.24) is 9.55 Å². The number of amides is 1. The lowest BCUT2D eigenvalue weighted by molar-refractivity contribution is -0.118. The largest absolute Gasteiger partial charge is 0.370 e.